The summed E-state index contributed by atoms with van der Waals surface area (Å²) in [7, 11) is 1.61. The second-order valence-corrected chi connectivity index (χ2v) is 8.15. The standard InChI is InChI=1S/C26H36N2O4/c1-7-20(5)27-26(30)24(8-2)28(16-21-10-9-11-22(15-21)31-6)25(29)17-32-23-13-12-18(3)19(4)14-23/h9-15,20,24H,7-8,16-17H2,1-6H3,(H,27,30)/t20-,24+/m1/s1. The molecule has 6 nitrogen and oxygen atoms in total. The molecule has 0 spiro atoms. The number of nitrogens with one attached hydrogen (secondary N) is 1. The molecular weight excluding hydrogens is 404 g/mol. The largest absolute Gasteiger partial charge is 0.497 e. The van der Waals surface area contributed by atoms with Gasteiger partial charge in [-0.2, -0.15) is 0 Å². The number of carbonyl (C=O) groups is 2. The van der Waals surface area contributed by atoms with Crippen LogP contribution in [0.15, 0.2) is 42.5 Å². The summed E-state index contributed by atoms with van der Waals surface area (Å²) in [4.78, 5) is 27.9. The molecule has 0 aliphatic rings. The van der Waals surface area contributed by atoms with Crippen LogP contribution in [0.25, 0.3) is 0 Å². The quantitative estimate of drug-likeness (QED) is 0.562. The van der Waals surface area contributed by atoms with Crippen molar-refractivity contribution in [2.24, 2.45) is 0 Å². The monoisotopic (exact) mass is 440 g/mol. The Morgan fingerprint density at radius 3 is 2.38 bits per heavy atom. The van der Waals surface area contributed by atoms with Crippen LogP contribution in [0.1, 0.15) is 50.3 Å². The van der Waals surface area contributed by atoms with Gasteiger partial charge < -0.3 is 19.7 Å². The van der Waals surface area contributed by atoms with Crippen LogP contribution in [0.4, 0.5) is 0 Å². The van der Waals surface area contributed by atoms with Gasteiger partial charge >= 0.3 is 0 Å². The Kier molecular flexibility index (Phi) is 9.57. The van der Waals surface area contributed by atoms with Gasteiger partial charge in [-0.05, 0) is 74.6 Å². The third-order valence-corrected chi connectivity index (χ3v) is 5.71. The fourth-order valence-electron chi connectivity index (χ4n) is 3.36. The number of ether oxygens (including phenoxy) is 2. The van der Waals surface area contributed by atoms with Gasteiger partial charge in [-0.15, -0.1) is 0 Å². The number of hydrogen-bond donors (Lipinski definition) is 1. The highest BCUT2D eigenvalue weighted by atomic mass is 16.5. The van der Waals surface area contributed by atoms with Gasteiger partial charge in [-0.1, -0.05) is 32.0 Å². The number of methoxy groups -OCH3 is 1. The molecule has 1 N–H and O–H groups in total. The Morgan fingerprint density at radius 1 is 1.00 bits per heavy atom. The Balaban J connectivity index is 2.24. The zero-order chi connectivity index (χ0) is 23.7. The van der Waals surface area contributed by atoms with Gasteiger partial charge in [0.1, 0.15) is 17.5 Å². The van der Waals surface area contributed by atoms with Gasteiger partial charge in [0.05, 0.1) is 7.11 Å². The second-order valence-electron chi connectivity index (χ2n) is 8.15. The number of hydrogen-bond acceptors (Lipinski definition) is 4. The average molecular weight is 441 g/mol. The van der Waals surface area contributed by atoms with Crippen molar-refractivity contribution in [2.75, 3.05) is 13.7 Å². The highest BCUT2D eigenvalue weighted by Crippen LogP contribution is 2.19. The topological polar surface area (TPSA) is 67.9 Å². The molecule has 2 atom stereocenters. The summed E-state index contributed by atoms with van der Waals surface area (Å²) >= 11 is 0. The van der Waals surface area contributed by atoms with E-state index in [1.54, 1.807) is 12.0 Å². The first-order valence-corrected chi connectivity index (χ1v) is 11.2. The molecule has 0 fully saturated rings. The normalized spacial score (nSPS) is 12.6. The van der Waals surface area contributed by atoms with E-state index >= 15 is 0 Å². The summed E-state index contributed by atoms with van der Waals surface area (Å²) < 4.78 is 11.1. The van der Waals surface area contributed by atoms with Crippen molar-refractivity contribution in [3.8, 4) is 11.5 Å². The van der Waals surface area contributed by atoms with E-state index in [1.165, 1.54) is 0 Å². The number of rotatable bonds is 11. The molecule has 0 aromatic heterocycles. The van der Waals surface area contributed by atoms with E-state index in [-0.39, 0.29) is 24.5 Å². The Morgan fingerprint density at radius 2 is 1.75 bits per heavy atom. The fourth-order valence-corrected chi connectivity index (χ4v) is 3.36. The zero-order valence-electron chi connectivity index (χ0n) is 20.1. The van der Waals surface area contributed by atoms with Crippen molar-refractivity contribution in [2.45, 2.75) is 66.1 Å². The lowest BCUT2D eigenvalue weighted by Gasteiger charge is -2.31. The number of aryl methyl sites for hydroxylation is 2. The number of nitrogens with zero attached hydrogens (tertiary/aromatic N) is 1. The summed E-state index contributed by atoms with van der Waals surface area (Å²) in [5.74, 6) is 0.958. The highest BCUT2D eigenvalue weighted by Gasteiger charge is 2.29. The van der Waals surface area contributed by atoms with Crippen molar-refractivity contribution >= 4 is 11.8 Å². The minimum atomic E-state index is -0.592. The smallest absolute Gasteiger partial charge is 0.261 e. The van der Waals surface area contributed by atoms with Crippen molar-refractivity contribution < 1.29 is 19.1 Å². The molecule has 0 aliphatic heterocycles. The molecule has 0 heterocycles. The maximum Gasteiger partial charge on any atom is 0.261 e. The summed E-state index contributed by atoms with van der Waals surface area (Å²) in [6, 6.07) is 12.7. The molecule has 2 aromatic rings. The SMILES string of the molecule is CC[C@@H](C)NC(=O)[C@H](CC)N(Cc1cccc(OC)c1)C(=O)COc1ccc(C)c(C)c1. The lowest BCUT2D eigenvalue weighted by atomic mass is 10.1. The molecule has 6 heteroatoms. The van der Waals surface area contributed by atoms with Crippen LogP contribution in [0.2, 0.25) is 0 Å². The molecule has 0 saturated heterocycles. The molecule has 0 unspecified atom stereocenters. The van der Waals surface area contributed by atoms with Crippen LogP contribution in [-0.2, 0) is 16.1 Å². The highest BCUT2D eigenvalue weighted by molar-refractivity contribution is 5.88. The van der Waals surface area contributed by atoms with Gasteiger partial charge in [-0.3, -0.25) is 9.59 Å². The Labute approximate surface area is 191 Å². The van der Waals surface area contributed by atoms with Crippen LogP contribution < -0.4 is 14.8 Å². The minimum Gasteiger partial charge on any atom is -0.497 e. The lowest BCUT2D eigenvalue weighted by molar-refractivity contribution is -0.143. The van der Waals surface area contributed by atoms with Crippen LogP contribution in [-0.4, -0.2) is 42.5 Å². The third-order valence-electron chi connectivity index (χ3n) is 5.71. The first-order chi connectivity index (χ1) is 15.3. The van der Waals surface area contributed by atoms with Gasteiger partial charge in [0.25, 0.3) is 5.91 Å². The van der Waals surface area contributed by atoms with Gasteiger partial charge in [0.15, 0.2) is 6.61 Å². The second kappa shape index (κ2) is 12.1. The fraction of sp³-hybridized carbons (Fsp3) is 0.462. The van der Waals surface area contributed by atoms with Crippen LogP contribution in [0, 0.1) is 13.8 Å². The summed E-state index contributed by atoms with van der Waals surface area (Å²) in [6.07, 6.45) is 1.32. The number of carbonyl (C=O) groups excluding carboxylic acids is 2. The predicted octanol–water partition coefficient (Wildman–Crippen LogP) is 4.41. The van der Waals surface area contributed by atoms with Crippen molar-refractivity contribution in [3.05, 3.63) is 59.2 Å². The van der Waals surface area contributed by atoms with E-state index < -0.39 is 6.04 Å². The molecule has 0 radical (unpaired) electrons. The molecule has 0 saturated carbocycles. The van der Waals surface area contributed by atoms with E-state index in [1.807, 2.05) is 77.1 Å². The Bertz CT molecular complexity index is 912. The molecule has 174 valence electrons. The van der Waals surface area contributed by atoms with E-state index in [0.29, 0.717) is 24.5 Å². The van der Waals surface area contributed by atoms with Crippen molar-refractivity contribution in [1.82, 2.24) is 10.2 Å². The molecule has 0 aliphatic carbocycles. The van der Waals surface area contributed by atoms with Crippen molar-refractivity contribution in [3.63, 3.8) is 0 Å². The summed E-state index contributed by atoms with van der Waals surface area (Å²) in [6.45, 7) is 10.1. The molecule has 0 bridgehead atoms. The van der Waals surface area contributed by atoms with E-state index in [4.69, 9.17) is 9.47 Å². The molecule has 2 rings (SSSR count). The summed E-state index contributed by atoms with van der Waals surface area (Å²) in [5.41, 5.74) is 3.15. The molecule has 2 aromatic carbocycles. The first kappa shape index (κ1) is 25.2. The summed E-state index contributed by atoms with van der Waals surface area (Å²) in [5, 5.41) is 3.01. The maximum atomic E-state index is 13.3. The van der Waals surface area contributed by atoms with Gasteiger partial charge in [-0.25, -0.2) is 0 Å². The number of benzene rings is 2. The van der Waals surface area contributed by atoms with E-state index in [2.05, 4.69) is 5.32 Å². The van der Waals surface area contributed by atoms with Crippen LogP contribution in [0.3, 0.4) is 0 Å². The van der Waals surface area contributed by atoms with Crippen LogP contribution in [0.5, 0.6) is 11.5 Å². The van der Waals surface area contributed by atoms with Crippen molar-refractivity contribution in [1.29, 1.82) is 0 Å². The van der Waals surface area contributed by atoms with E-state index in [0.717, 1.165) is 23.1 Å². The number of amides is 2. The zero-order valence-corrected chi connectivity index (χ0v) is 20.1. The lowest BCUT2D eigenvalue weighted by Crippen LogP contribution is -2.51. The van der Waals surface area contributed by atoms with E-state index in [9.17, 15) is 9.59 Å². The van der Waals surface area contributed by atoms with Crippen LogP contribution >= 0.6 is 0 Å². The average Bonchev–Trinajstić information content (AvgIpc) is 2.79. The maximum absolute atomic E-state index is 13.3. The van der Waals surface area contributed by atoms with Gasteiger partial charge in [0, 0.05) is 12.6 Å². The Hall–Kier alpha value is -3.02. The molecule has 2 amide bonds. The third kappa shape index (κ3) is 7.01. The molecular formula is C26H36N2O4. The predicted molar refractivity (Wildman–Crippen MR) is 127 cm³/mol. The molecule has 32 heavy (non-hydrogen) atoms. The first-order valence-electron chi connectivity index (χ1n) is 11.2. The minimum absolute atomic E-state index is 0.0390. The van der Waals surface area contributed by atoms with Gasteiger partial charge in [0.2, 0.25) is 5.91 Å².